The molecule has 0 radical (unpaired) electrons. The molecule has 0 amide bonds. The Morgan fingerprint density at radius 1 is 1.05 bits per heavy atom. The quantitative estimate of drug-likeness (QED) is 0.647. The highest BCUT2D eigenvalue weighted by molar-refractivity contribution is 7.98. The number of nitrogens with zero attached hydrogens (tertiary/aromatic N) is 2. The van der Waals surface area contributed by atoms with Crippen LogP contribution < -0.4 is 5.32 Å². The van der Waals surface area contributed by atoms with Gasteiger partial charge in [-0.25, -0.2) is 9.97 Å². The standard InChI is InChI=1S/C15H17N3S/c1-2-4-12(5-3-1)11-19-15-17-9-13(10-18-15)8-16-14-6-7-14/h1-5,9-10,14,16H,6-8,11H2. The molecule has 0 atom stereocenters. The van der Waals surface area contributed by atoms with Gasteiger partial charge >= 0.3 is 0 Å². The number of nitrogens with one attached hydrogen (secondary N) is 1. The fourth-order valence-electron chi connectivity index (χ4n) is 1.78. The van der Waals surface area contributed by atoms with E-state index in [1.807, 2.05) is 18.5 Å². The lowest BCUT2D eigenvalue weighted by molar-refractivity contribution is 0.680. The zero-order chi connectivity index (χ0) is 12.9. The first kappa shape index (κ1) is 12.6. The van der Waals surface area contributed by atoms with Gasteiger partial charge in [0, 0.05) is 36.3 Å². The van der Waals surface area contributed by atoms with Crippen LogP contribution in [-0.4, -0.2) is 16.0 Å². The van der Waals surface area contributed by atoms with E-state index in [9.17, 15) is 0 Å². The van der Waals surface area contributed by atoms with E-state index in [0.29, 0.717) is 0 Å². The normalized spacial score (nSPS) is 14.5. The van der Waals surface area contributed by atoms with Crippen molar-refractivity contribution in [1.82, 2.24) is 15.3 Å². The Bertz CT molecular complexity index is 509. The lowest BCUT2D eigenvalue weighted by Gasteiger charge is -2.04. The van der Waals surface area contributed by atoms with Crippen LogP contribution in [0.15, 0.2) is 47.9 Å². The molecule has 4 heteroatoms. The van der Waals surface area contributed by atoms with E-state index < -0.39 is 0 Å². The second-order valence-corrected chi connectivity index (χ2v) is 5.75. The molecular formula is C15H17N3S. The van der Waals surface area contributed by atoms with Crippen molar-refractivity contribution >= 4 is 11.8 Å². The van der Waals surface area contributed by atoms with E-state index in [1.54, 1.807) is 11.8 Å². The third-order valence-electron chi connectivity index (χ3n) is 3.06. The highest BCUT2D eigenvalue weighted by atomic mass is 32.2. The Morgan fingerprint density at radius 2 is 1.79 bits per heavy atom. The number of rotatable bonds is 6. The molecule has 0 saturated heterocycles. The zero-order valence-corrected chi connectivity index (χ0v) is 11.6. The van der Waals surface area contributed by atoms with Gasteiger partial charge in [0.2, 0.25) is 0 Å². The van der Waals surface area contributed by atoms with Crippen molar-refractivity contribution < 1.29 is 0 Å². The summed E-state index contributed by atoms with van der Waals surface area (Å²) in [5.74, 6) is 0.917. The maximum Gasteiger partial charge on any atom is 0.187 e. The number of thioether (sulfide) groups is 1. The van der Waals surface area contributed by atoms with Crippen LogP contribution in [0.3, 0.4) is 0 Å². The van der Waals surface area contributed by atoms with Gasteiger partial charge in [0.05, 0.1) is 0 Å². The maximum absolute atomic E-state index is 4.40. The van der Waals surface area contributed by atoms with Crippen LogP contribution in [0.25, 0.3) is 0 Å². The Morgan fingerprint density at radius 3 is 2.47 bits per heavy atom. The molecule has 19 heavy (non-hydrogen) atoms. The molecule has 1 aliphatic carbocycles. The van der Waals surface area contributed by atoms with Crippen LogP contribution in [0.2, 0.25) is 0 Å². The molecule has 0 spiro atoms. The summed E-state index contributed by atoms with van der Waals surface area (Å²) in [6.45, 7) is 0.883. The van der Waals surface area contributed by atoms with E-state index in [0.717, 1.165) is 29.1 Å². The summed E-state index contributed by atoms with van der Waals surface area (Å²) in [6.07, 6.45) is 6.48. The monoisotopic (exact) mass is 271 g/mol. The lowest BCUT2D eigenvalue weighted by Crippen LogP contribution is -2.15. The molecule has 0 aliphatic heterocycles. The summed E-state index contributed by atoms with van der Waals surface area (Å²) in [7, 11) is 0. The Labute approximate surface area is 117 Å². The second kappa shape index (κ2) is 6.17. The van der Waals surface area contributed by atoms with E-state index in [-0.39, 0.29) is 0 Å². The fraction of sp³-hybridized carbons (Fsp3) is 0.333. The molecule has 3 rings (SSSR count). The van der Waals surface area contributed by atoms with Gasteiger partial charge in [-0.3, -0.25) is 0 Å². The second-order valence-electron chi connectivity index (χ2n) is 4.80. The summed E-state index contributed by atoms with van der Waals surface area (Å²) in [5, 5.41) is 4.31. The topological polar surface area (TPSA) is 37.8 Å². The first-order chi connectivity index (χ1) is 9.40. The van der Waals surface area contributed by atoms with E-state index in [1.165, 1.54) is 18.4 Å². The first-order valence-corrected chi connectivity index (χ1v) is 7.60. The average molecular weight is 271 g/mol. The van der Waals surface area contributed by atoms with Crippen molar-refractivity contribution in [2.75, 3.05) is 0 Å². The van der Waals surface area contributed by atoms with Gasteiger partial charge in [0.15, 0.2) is 5.16 Å². The molecule has 1 heterocycles. The lowest BCUT2D eigenvalue weighted by atomic mass is 10.2. The molecule has 2 aromatic rings. The highest BCUT2D eigenvalue weighted by Gasteiger charge is 2.19. The van der Waals surface area contributed by atoms with Gasteiger partial charge in [-0.1, -0.05) is 42.1 Å². The van der Waals surface area contributed by atoms with Crippen LogP contribution in [0.1, 0.15) is 24.0 Å². The molecule has 1 saturated carbocycles. The average Bonchev–Trinajstić information content (AvgIpc) is 3.29. The van der Waals surface area contributed by atoms with Gasteiger partial charge in [-0.15, -0.1) is 0 Å². The Balaban J connectivity index is 1.50. The minimum Gasteiger partial charge on any atom is -0.310 e. The highest BCUT2D eigenvalue weighted by Crippen LogP contribution is 2.20. The molecule has 1 fully saturated rings. The summed E-state index contributed by atoms with van der Waals surface area (Å²) in [5.41, 5.74) is 2.46. The fourth-order valence-corrected chi connectivity index (χ4v) is 2.52. The van der Waals surface area contributed by atoms with Gasteiger partial charge in [-0.05, 0) is 18.4 Å². The zero-order valence-electron chi connectivity index (χ0n) is 10.7. The van der Waals surface area contributed by atoms with Crippen LogP contribution in [0.4, 0.5) is 0 Å². The summed E-state index contributed by atoms with van der Waals surface area (Å²) >= 11 is 1.68. The molecule has 98 valence electrons. The van der Waals surface area contributed by atoms with Crippen molar-refractivity contribution in [2.45, 2.75) is 36.3 Å². The van der Waals surface area contributed by atoms with Gasteiger partial charge < -0.3 is 5.32 Å². The Hall–Kier alpha value is -1.39. The van der Waals surface area contributed by atoms with Crippen molar-refractivity contribution in [3.63, 3.8) is 0 Å². The van der Waals surface area contributed by atoms with Crippen LogP contribution in [0.5, 0.6) is 0 Å². The number of benzene rings is 1. The van der Waals surface area contributed by atoms with Crippen molar-refractivity contribution in [2.24, 2.45) is 0 Å². The third kappa shape index (κ3) is 4.04. The molecule has 0 bridgehead atoms. The van der Waals surface area contributed by atoms with Crippen molar-refractivity contribution in [1.29, 1.82) is 0 Å². The SMILES string of the molecule is c1ccc(CSc2ncc(CNC3CC3)cn2)cc1. The number of hydrogen-bond acceptors (Lipinski definition) is 4. The summed E-state index contributed by atoms with van der Waals surface area (Å²) < 4.78 is 0. The molecule has 1 aromatic carbocycles. The van der Waals surface area contributed by atoms with E-state index >= 15 is 0 Å². The smallest absolute Gasteiger partial charge is 0.187 e. The largest absolute Gasteiger partial charge is 0.310 e. The molecule has 0 unspecified atom stereocenters. The third-order valence-corrected chi connectivity index (χ3v) is 4.01. The van der Waals surface area contributed by atoms with Crippen LogP contribution >= 0.6 is 11.8 Å². The molecular weight excluding hydrogens is 254 g/mol. The summed E-state index contributed by atoms with van der Waals surface area (Å²) in [4.78, 5) is 8.81. The minimum atomic E-state index is 0.729. The Kier molecular flexibility index (Phi) is 4.10. The number of aromatic nitrogens is 2. The molecule has 3 nitrogen and oxygen atoms in total. The van der Waals surface area contributed by atoms with Crippen LogP contribution in [0, 0.1) is 0 Å². The van der Waals surface area contributed by atoms with E-state index in [4.69, 9.17) is 0 Å². The number of hydrogen-bond donors (Lipinski definition) is 1. The molecule has 1 N–H and O–H groups in total. The van der Waals surface area contributed by atoms with Crippen molar-refractivity contribution in [3.05, 3.63) is 53.9 Å². The summed E-state index contributed by atoms with van der Waals surface area (Å²) in [6, 6.07) is 11.1. The minimum absolute atomic E-state index is 0.729. The maximum atomic E-state index is 4.40. The van der Waals surface area contributed by atoms with E-state index in [2.05, 4.69) is 39.6 Å². The molecule has 1 aromatic heterocycles. The predicted octanol–water partition coefficient (Wildman–Crippen LogP) is 3.02. The van der Waals surface area contributed by atoms with Crippen molar-refractivity contribution in [3.8, 4) is 0 Å². The van der Waals surface area contributed by atoms with Gasteiger partial charge in [0.1, 0.15) is 0 Å². The molecule has 1 aliphatic rings. The predicted molar refractivity (Wildman–Crippen MR) is 77.9 cm³/mol. The van der Waals surface area contributed by atoms with Gasteiger partial charge in [-0.2, -0.15) is 0 Å². The van der Waals surface area contributed by atoms with Crippen LogP contribution in [-0.2, 0) is 12.3 Å². The first-order valence-electron chi connectivity index (χ1n) is 6.61. The van der Waals surface area contributed by atoms with Gasteiger partial charge in [0.25, 0.3) is 0 Å².